The molecule has 4 rings (SSSR count). The van der Waals surface area contributed by atoms with Gasteiger partial charge < -0.3 is 24.0 Å². The van der Waals surface area contributed by atoms with Gasteiger partial charge in [0.15, 0.2) is 5.82 Å². The first-order valence-electron chi connectivity index (χ1n) is 12.0. The maximum Gasteiger partial charge on any atom is 0.292 e. The Balaban J connectivity index is 1.47. The van der Waals surface area contributed by atoms with E-state index in [1.54, 1.807) is 18.1 Å². The van der Waals surface area contributed by atoms with Crippen LogP contribution in [0.3, 0.4) is 0 Å². The fraction of sp³-hybridized carbons (Fsp3) is 0.480. The molecule has 0 aliphatic carbocycles. The second-order valence-corrected chi connectivity index (χ2v) is 9.10. The summed E-state index contributed by atoms with van der Waals surface area (Å²) in [5.74, 6) is 1.80. The van der Waals surface area contributed by atoms with Gasteiger partial charge in [-0.25, -0.2) is 0 Å². The number of benzene rings is 1. The molecule has 3 aromatic rings. The van der Waals surface area contributed by atoms with E-state index in [1.165, 1.54) is 0 Å². The zero-order valence-electron chi connectivity index (χ0n) is 20.4. The largest absolute Gasteiger partial charge is 0.384 e. The number of rotatable bonds is 9. The van der Waals surface area contributed by atoms with Crippen LogP contribution in [0.25, 0.3) is 11.3 Å². The summed E-state index contributed by atoms with van der Waals surface area (Å²) in [6, 6.07) is 11.0. The van der Waals surface area contributed by atoms with Crippen molar-refractivity contribution in [3.63, 3.8) is 0 Å². The highest BCUT2D eigenvalue weighted by atomic mass is 16.5. The summed E-state index contributed by atoms with van der Waals surface area (Å²) in [5, 5.41) is 16.0. The van der Waals surface area contributed by atoms with Gasteiger partial charge in [-0.05, 0) is 12.3 Å². The Morgan fingerprint density at radius 3 is 2.69 bits per heavy atom. The van der Waals surface area contributed by atoms with Crippen LogP contribution in [0.4, 0.5) is 0 Å². The molecule has 1 aliphatic heterocycles. The lowest BCUT2D eigenvalue weighted by molar-refractivity contribution is -0.122. The van der Waals surface area contributed by atoms with Gasteiger partial charge in [0.05, 0.1) is 12.6 Å². The third-order valence-electron chi connectivity index (χ3n) is 6.02. The molecule has 0 radical (unpaired) electrons. The van der Waals surface area contributed by atoms with Crippen molar-refractivity contribution < 1.29 is 18.8 Å². The number of carbonyl (C=O) groups excluding carboxylic acids is 2. The Morgan fingerprint density at radius 1 is 1.14 bits per heavy atom. The highest BCUT2D eigenvalue weighted by Gasteiger charge is 2.28. The molecule has 0 bridgehead atoms. The molecule has 2 aromatic heterocycles. The van der Waals surface area contributed by atoms with Gasteiger partial charge in [0.2, 0.25) is 11.7 Å². The van der Waals surface area contributed by atoms with E-state index in [2.05, 4.69) is 34.5 Å². The number of nitrogens with one attached hydrogen (secondary N) is 1. The molecule has 2 amide bonds. The first-order chi connectivity index (χ1) is 17.0. The Bertz CT molecular complexity index is 1140. The number of methoxy groups -OCH3 is 1. The minimum absolute atomic E-state index is 0.0835. The highest BCUT2D eigenvalue weighted by molar-refractivity contribution is 5.92. The zero-order chi connectivity index (χ0) is 24.8. The van der Waals surface area contributed by atoms with Gasteiger partial charge in [-0.15, -0.1) is 10.2 Å². The van der Waals surface area contributed by atoms with Gasteiger partial charge in [0, 0.05) is 51.2 Å². The minimum Gasteiger partial charge on any atom is -0.384 e. The van der Waals surface area contributed by atoms with E-state index in [9.17, 15) is 9.59 Å². The summed E-state index contributed by atoms with van der Waals surface area (Å²) in [4.78, 5) is 27.3. The Hall–Kier alpha value is -3.53. The van der Waals surface area contributed by atoms with Crippen molar-refractivity contribution in [2.45, 2.75) is 45.7 Å². The molecule has 1 N–H and O–H groups in total. The van der Waals surface area contributed by atoms with Crippen LogP contribution in [0.1, 0.15) is 54.9 Å². The molecule has 0 saturated carbocycles. The van der Waals surface area contributed by atoms with Crippen LogP contribution < -0.4 is 5.32 Å². The summed E-state index contributed by atoms with van der Waals surface area (Å²) in [5.41, 5.74) is 1.52. The summed E-state index contributed by atoms with van der Waals surface area (Å²) in [7, 11) is 1.57. The number of nitrogens with zero attached hydrogens (tertiary/aromatic N) is 5. The monoisotopic (exact) mass is 480 g/mol. The third kappa shape index (κ3) is 5.94. The number of amides is 2. The maximum atomic E-state index is 13.2. The standard InChI is InChI=1S/C25H32N6O4/c1-17(2)15-20(26-23(32)10-14-34-3)24-28-27-22-9-11-30(12-13-31(22)24)25(33)21-16-19(29-35-21)18-7-5-4-6-8-18/h4-8,16-17,20H,9-15H2,1-3H3,(H,26,32). The number of aromatic nitrogens is 4. The molecule has 0 spiro atoms. The molecule has 1 aliphatic rings. The SMILES string of the molecule is COCCC(=O)NC(CC(C)C)c1nnc2n1CCN(C(=O)c1cc(-c3ccccc3)no1)CC2. The molecular formula is C25H32N6O4. The van der Waals surface area contributed by atoms with E-state index in [4.69, 9.17) is 9.26 Å². The molecule has 1 aromatic carbocycles. The molecule has 0 fully saturated rings. The van der Waals surface area contributed by atoms with Crippen LogP contribution in [0, 0.1) is 5.92 Å². The zero-order valence-corrected chi connectivity index (χ0v) is 20.4. The van der Waals surface area contributed by atoms with Crippen LogP contribution >= 0.6 is 0 Å². The summed E-state index contributed by atoms with van der Waals surface area (Å²) in [6.07, 6.45) is 1.58. The minimum atomic E-state index is -0.259. The van der Waals surface area contributed by atoms with Crippen molar-refractivity contribution in [2.75, 3.05) is 26.8 Å². The van der Waals surface area contributed by atoms with Gasteiger partial charge >= 0.3 is 0 Å². The molecule has 3 heterocycles. The fourth-order valence-corrected chi connectivity index (χ4v) is 4.24. The van der Waals surface area contributed by atoms with E-state index in [-0.39, 0.29) is 30.0 Å². The Kier molecular flexibility index (Phi) is 7.91. The van der Waals surface area contributed by atoms with Crippen LogP contribution in [0.5, 0.6) is 0 Å². The second-order valence-electron chi connectivity index (χ2n) is 9.10. The summed E-state index contributed by atoms with van der Waals surface area (Å²) >= 11 is 0. The molecule has 186 valence electrons. The molecular weight excluding hydrogens is 448 g/mol. The molecule has 0 saturated heterocycles. The quantitative estimate of drug-likeness (QED) is 0.501. The van der Waals surface area contributed by atoms with Crippen LogP contribution in [0.2, 0.25) is 0 Å². The lowest BCUT2D eigenvalue weighted by atomic mass is 10.0. The number of carbonyl (C=O) groups is 2. The summed E-state index contributed by atoms with van der Waals surface area (Å²) in [6.45, 7) is 6.08. The Morgan fingerprint density at radius 2 is 1.94 bits per heavy atom. The lowest BCUT2D eigenvalue weighted by Crippen LogP contribution is -2.34. The first kappa shape index (κ1) is 24.6. The van der Waals surface area contributed by atoms with Gasteiger partial charge in [0.25, 0.3) is 5.91 Å². The van der Waals surface area contributed by atoms with Crippen molar-refractivity contribution in [1.29, 1.82) is 0 Å². The fourth-order valence-electron chi connectivity index (χ4n) is 4.24. The van der Waals surface area contributed by atoms with Crippen molar-refractivity contribution in [2.24, 2.45) is 5.92 Å². The highest BCUT2D eigenvalue weighted by Crippen LogP contribution is 2.24. The van der Waals surface area contributed by atoms with Crippen LogP contribution in [-0.4, -0.2) is 63.4 Å². The van der Waals surface area contributed by atoms with E-state index in [0.29, 0.717) is 44.3 Å². The third-order valence-corrected chi connectivity index (χ3v) is 6.02. The number of ether oxygens (including phenoxy) is 1. The predicted molar refractivity (Wildman–Crippen MR) is 128 cm³/mol. The summed E-state index contributed by atoms with van der Waals surface area (Å²) < 4.78 is 12.4. The maximum absolute atomic E-state index is 13.2. The van der Waals surface area contributed by atoms with Crippen molar-refractivity contribution >= 4 is 11.8 Å². The van der Waals surface area contributed by atoms with E-state index in [0.717, 1.165) is 23.6 Å². The first-order valence-corrected chi connectivity index (χ1v) is 12.0. The van der Waals surface area contributed by atoms with Crippen molar-refractivity contribution in [3.05, 3.63) is 53.8 Å². The van der Waals surface area contributed by atoms with Crippen LogP contribution in [-0.2, 0) is 22.5 Å². The number of fused-ring (bicyclic) bond motifs is 1. The van der Waals surface area contributed by atoms with Crippen molar-refractivity contribution in [1.82, 2.24) is 30.1 Å². The average Bonchev–Trinajstić information content (AvgIpc) is 3.45. The smallest absolute Gasteiger partial charge is 0.292 e. The normalized spacial score (nSPS) is 14.5. The van der Waals surface area contributed by atoms with Gasteiger partial charge in [0.1, 0.15) is 11.5 Å². The number of hydrogen-bond donors (Lipinski definition) is 1. The molecule has 1 atom stereocenters. The average molecular weight is 481 g/mol. The molecule has 35 heavy (non-hydrogen) atoms. The lowest BCUT2D eigenvalue weighted by Gasteiger charge is -2.22. The molecule has 1 unspecified atom stereocenters. The number of hydrogen-bond acceptors (Lipinski definition) is 7. The van der Waals surface area contributed by atoms with Crippen molar-refractivity contribution in [3.8, 4) is 11.3 Å². The molecule has 10 heteroatoms. The topological polar surface area (TPSA) is 115 Å². The van der Waals surface area contributed by atoms with E-state index in [1.807, 2.05) is 34.9 Å². The van der Waals surface area contributed by atoms with Crippen LogP contribution in [0.15, 0.2) is 40.9 Å². The predicted octanol–water partition coefficient (Wildman–Crippen LogP) is 2.87. The Labute approximate surface area is 204 Å². The van der Waals surface area contributed by atoms with E-state index >= 15 is 0 Å². The molecule has 10 nitrogen and oxygen atoms in total. The van der Waals surface area contributed by atoms with Gasteiger partial charge in [-0.2, -0.15) is 0 Å². The van der Waals surface area contributed by atoms with Gasteiger partial charge in [-0.3, -0.25) is 9.59 Å². The second kappa shape index (κ2) is 11.3. The van der Waals surface area contributed by atoms with E-state index < -0.39 is 0 Å². The van der Waals surface area contributed by atoms with Gasteiger partial charge in [-0.1, -0.05) is 49.3 Å².